The van der Waals surface area contributed by atoms with Crippen LogP contribution in [0.5, 0.6) is 0 Å². The van der Waals surface area contributed by atoms with E-state index in [9.17, 15) is 9.59 Å². The Hall–Kier alpha value is -2.33. The lowest BCUT2D eigenvalue weighted by Crippen LogP contribution is -2.37. The molecule has 5 heteroatoms. The summed E-state index contributed by atoms with van der Waals surface area (Å²) in [6.45, 7) is 0.462. The summed E-state index contributed by atoms with van der Waals surface area (Å²) in [5.41, 5.74) is 1.52. The molecule has 4 nitrogen and oxygen atoms in total. The average molecular weight is 317 g/mol. The van der Waals surface area contributed by atoms with Gasteiger partial charge in [0, 0.05) is 6.54 Å². The van der Waals surface area contributed by atoms with E-state index >= 15 is 0 Å². The minimum absolute atomic E-state index is 0.0706. The molecule has 0 saturated carbocycles. The highest BCUT2D eigenvalue weighted by Gasteiger charge is 2.10. The molecule has 0 spiro atoms. The number of nitrogens with one attached hydrogen (secondary N) is 2. The second-order valence-corrected chi connectivity index (χ2v) is 5.16. The Balaban J connectivity index is 1.72. The number of amides is 2. The van der Waals surface area contributed by atoms with E-state index in [1.807, 2.05) is 30.3 Å². The minimum atomic E-state index is -0.358. The van der Waals surface area contributed by atoms with E-state index in [4.69, 9.17) is 11.6 Å². The van der Waals surface area contributed by atoms with Crippen LogP contribution >= 0.6 is 11.6 Å². The first kappa shape index (κ1) is 16.0. The third-order valence-corrected chi connectivity index (χ3v) is 3.44. The van der Waals surface area contributed by atoms with Crippen LogP contribution in [0.4, 0.5) is 0 Å². The molecule has 2 N–H and O–H groups in total. The zero-order valence-corrected chi connectivity index (χ0v) is 12.8. The lowest BCUT2D eigenvalue weighted by Gasteiger charge is -2.08. The van der Waals surface area contributed by atoms with E-state index < -0.39 is 0 Å². The second-order valence-electron chi connectivity index (χ2n) is 4.75. The van der Waals surface area contributed by atoms with Gasteiger partial charge in [0.25, 0.3) is 5.91 Å². The predicted molar refractivity (Wildman–Crippen MR) is 86.9 cm³/mol. The summed E-state index contributed by atoms with van der Waals surface area (Å²) in [5.74, 6) is -0.583. The van der Waals surface area contributed by atoms with Crippen LogP contribution in [0.15, 0.2) is 54.6 Å². The van der Waals surface area contributed by atoms with Gasteiger partial charge in [-0.05, 0) is 24.1 Å². The van der Waals surface area contributed by atoms with E-state index in [-0.39, 0.29) is 18.4 Å². The number of carbonyl (C=O) groups excluding carboxylic acids is 2. The Bertz CT molecular complexity index is 644. The summed E-state index contributed by atoms with van der Waals surface area (Å²) in [4.78, 5) is 23.6. The van der Waals surface area contributed by atoms with Gasteiger partial charge in [-0.25, -0.2) is 0 Å². The fourth-order valence-electron chi connectivity index (χ4n) is 1.95. The van der Waals surface area contributed by atoms with E-state index in [1.54, 1.807) is 24.3 Å². The molecule has 0 aliphatic rings. The van der Waals surface area contributed by atoms with Crippen molar-refractivity contribution in [2.75, 3.05) is 13.1 Å². The molecule has 0 aromatic heterocycles. The summed E-state index contributed by atoms with van der Waals surface area (Å²) in [5, 5.41) is 5.68. The summed E-state index contributed by atoms with van der Waals surface area (Å²) < 4.78 is 0. The molecule has 2 aromatic carbocycles. The van der Waals surface area contributed by atoms with Crippen LogP contribution in [0.2, 0.25) is 5.02 Å². The SMILES string of the molecule is O=C(CNC(=O)c1ccccc1Cl)NCCc1ccccc1. The van der Waals surface area contributed by atoms with Crippen LogP contribution in [0.3, 0.4) is 0 Å². The lowest BCUT2D eigenvalue weighted by molar-refractivity contribution is -0.120. The van der Waals surface area contributed by atoms with Gasteiger partial charge >= 0.3 is 0 Å². The minimum Gasteiger partial charge on any atom is -0.354 e. The van der Waals surface area contributed by atoms with Crippen molar-refractivity contribution < 1.29 is 9.59 Å². The summed E-state index contributed by atoms with van der Waals surface area (Å²) in [6, 6.07) is 16.6. The topological polar surface area (TPSA) is 58.2 Å². The monoisotopic (exact) mass is 316 g/mol. The number of carbonyl (C=O) groups is 2. The van der Waals surface area contributed by atoms with Crippen molar-refractivity contribution in [1.82, 2.24) is 10.6 Å². The van der Waals surface area contributed by atoms with Crippen LogP contribution in [-0.4, -0.2) is 24.9 Å². The third-order valence-electron chi connectivity index (χ3n) is 3.11. The number of hydrogen-bond donors (Lipinski definition) is 2. The zero-order chi connectivity index (χ0) is 15.8. The molecule has 2 amide bonds. The van der Waals surface area contributed by atoms with E-state index in [0.717, 1.165) is 12.0 Å². The fraction of sp³-hybridized carbons (Fsp3) is 0.176. The highest BCUT2D eigenvalue weighted by molar-refractivity contribution is 6.33. The van der Waals surface area contributed by atoms with Gasteiger partial charge in [0.05, 0.1) is 17.1 Å². The Morgan fingerprint density at radius 2 is 1.59 bits per heavy atom. The molecule has 0 fully saturated rings. The molecule has 0 atom stereocenters. The molecule has 0 unspecified atom stereocenters. The van der Waals surface area contributed by atoms with Crippen molar-refractivity contribution in [2.24, 2.45) is 0 Å². The third kappa shape index (κ3) is 4.90. The van der Waals surface area contributed by atoms with Gasteiger partial charge < -0.3 is 10.6 Å². The highest BCUT2D eigenvalue weighted by atomic mass is 35.5. The molecule has 22 heavy (non-hydrogen) atoms. The smallest absolute Gasteiger partial charge is 0.253 e. The molecule has 0 heterocycles. The molecule has 0 bridgehead atoms. The maximum atomic E-state index is 11.9. The van der Waals surface area contributed by atoms with Gasteiger partial charge in [-0.1, -0.05) is 54.1 Å². The highest BCUT2D eigenvalue weighted by Crippen LogP contribution is 2.14. The largest absolute Gasteiger partial charge is 0.354 e. The number of rotatable bonds is 6. The van der Waals surface area contributed by atoms with Crippen molar-refractivity contribution in [3.05, 3.63) is 70.7 Å². The summed E-state index contributed by atoms with van der Waals surface area (Å²) >= 11 is 5.92. The van der Waals surface area contributed by atoms with Gasteiger partial charge in [0.2, 0.25) is 5.91 Å². The van der Waals surface area contributed by atoms with E-state index in [0.29, 0.717) is 17.1 Å². The van der Waals surface area contributed by atoms with Gasteiger partial charge in [-0.15, -0.1) is 0 Å². The van der Waals surface area contributed by atoms with Gasteiger partial charge in [0.15, 0.2) is 0 Å². The zero-order valence-electron chi connectivity index (χ0n) is 12.0. The molecule has 0 aliphatic carbocycles. The maximum Gasteiger partial charge on any atom is 0.253 e. The molecular formula is C17H17ClN2O2. The quantitative estimate of drug-likeness (QED) is 0.860. The molecule has 0 radical (unpaired) electrons. The van der Waals surface area contributed by atoms with Crippen molar-refractivity contribution in [1.29, 1.82) is 0 Å². The van der Waals surface area contributed by atoms with Crippen LogP contribution in [0.1, 0.15) is 15.9 Å². The van der Waals surface area contributed by atoms with Crippen LogP contribution in [0.25, 0.3) is 0 Å². The molecule has 0 saturated heterocycles. The van der Waals surface area contributed by atoms with Gasteiger partial charge in [-0.2, -0.15) is 0 Å². The summed E-state index contributed by atoms with van der Waals surface area (Å²) in [6.07, 6.45) is 0.755. The van der Waals surface area contributed by atoms with Crippen molar-refractivity contribution >= 4 is 23.4 Å². The van der Waals surface area contributed by atoms with Crippen molar-refractivity contribution in [3.63, 3.8) is 0 Å². The normalized spacial score (nSPS) is 10.0. The maximum absolute atomic E-state index is 11.9. The first-order valence-corrected chi connectivity index (χ1v) is 7.38. The van der Waals surface area contributed by atoms with Crippen LogP contribution in [-0.2, 0) is 11.2 Å². The molecule has 0 aliphatic heterocycles. The number of hydrogen-bond acceptors (Lipinski definition) is 2. The van der Waals surface area contributed by atoms with Crippen molar-refractivity contribution in [2.45, 2.75) is 6.42 Å². The standard InChI is InChI=1S/C17H17ClN2O2/c18-15-9-5-4-8-14(15)17(22)20-12-16(21)19-11-10-13-6-2-1-3-7-13/h1-9H,10-12H2,(H,19,21)(H,20,22). The fourth-order valence-corrected chi connectivity index (χ4v) is 2.18. The number of halogens is 1. The molecular weight excluding hydrogens is 300 g/mol. The lowest BCUT2D eigenvalue weighted by atomic mass is 10.1. The second kappa shape index (κ2) is 8.20. The molecule has 2 rings (SSSR count). The van der Waals surface area contributed by atoms with E-state index in [2.05, 4.69) is 10.6 Å². The van der Waals surface area contributed by atoms with Crippen molar-refractivity contribution in [3.8, 4) is 0 Å². The van der Waals surface area contributed by atoms with Gasteiger partial charge in [0.1, 0.15) is 0 Å². The first-order valence-electron chi connectivity index (χ1n) is 7.00. The Kier molecular flexibility index (Phi) is 5.98. The number of benzene rings is 2. The molecule has 2 aromatic rings. The Labute approximate surface area is 134 Å². The first-order chi connectivity index (χ1) is 10.7. The van der Waals surface area contributed by atoms with Crippen LogP contribution < -0.4 is 10.6 Å². The average Bonchev–Trinajstić information content (AvgIpc) is 2.54. The molecule has 114 valence electrons. The predicted octanol–water partition coefficient (Wildman–Crippen LogP) is 2.43. The Morgan fingerprint density at radius 1 is 0.909 bits per heavy atom. The van der Waals surface area contributed by atoms with Gasteiger partial charge in [-0.3, -0.25) is 9.59 Å². The van der Waals surface area contributed by atoms with E-state index in [1.165, 1.54) is 0 Å². The summed E-state index contributed by atoms with van der Waals surface area (Å²) in [7, 11) is 0. The van der Waals surface area contributed by atoms with Crippen LogP contribution in [0, 0.1) is 0 Å². The Morgan fingerprint density at radius 3 is 2.32 bits per heavy atom.